The molecule has 0 saturated carbocycles. The molecule has 122 valence electrons. The standard InChI is InChI=1S/C21H26O2/c1-20(2,3)14-21(4,5)16-11-12-17(19(22)23)18(13-16)15-9-7-6-8-10-15/h6-13H,14H2,1-5H3,(H,22,23). The summed E-state index contributed by atoms with van der Waals surface area (Å²) in [6.45, 7) is 11.2. The summed E-state index contributed by atoms with van der Waals surface area (Å²) in [6.07, 6.45) is 1.03. The summed E-state index contributed by atoms with van der Waals surface area (Å²) in [5, 5.41) is 9.51. The van der Waals surface area contributed by atoms with E-state index in [4.69, 9.17) is 0 Å². The second kappa shape index (κ2) is 6.19. The smallest absolute Gasteiger partial charge is 0.336 e. The SMILES string of the molecule is CC(C)(C)CC(C)(C)c1ccc(C(=O)O)c(-c2ccccc2)c1. The Labute approximate surface area is 139 Å². The third-order valence-corrected chi connectivity index (χ3v) is 4.09. The molecule has 2 aromatic carbocycles. The minimum atomic E-state index is -0.885. The summed E-state index contributed by atoms with van der Waals surface area (Å²) in [4.78, 5) is 11.6. The molecule has 2 rings (SSSR count). The van der Waals surface area contributed by atoms with Crippen LogP contribution < -0.4 is 0 Å². The van der Waals surface area contributed by atoms with Crippen LogP contribution in [-0.4, -0.2) is 11.1 Å². The highest BCUT2D eigenvalue weighted by atomic mass is 16.4. The Morgan fingerprint density at radius 2 is 1.57 bits per heavy atom. The zero-order valence-corrected chi connectivity index (χ0v) is 14.7. The second-order valence-electron chi connectivity index (χ2n) is 8.05. The molecule has 0 amide bonds. The van der Waals surface area contributed by atoms with Gasteiger partial charge in [-0.3, -0.25) is 0 Å². The van der Waals surface area contributed by atoms with E-state index < -0.39 is 5.97 Å². The number of aromatic carboxylic acids is 1. The van der Waals surface area contributed by atoms with Crippen molar-refractivity contribution >= 4 is 5.97 Å². The molecule has 0 aliphatic rings. The van der Waals surface area contributed by atoms with E-state index in [2.05, 4.69) is 34.6 Å². The molecule has 0 aromatic heterocycles. The van der Waals surface area contributed by atoms with Crippen LogP contribution in [0.2, 0.25) is 0 Å². The fourth-order valence-electron chi connectivity index (χ4n) is 3.44. The van der Waals surface area contributed by atoms with Crippen molar-refractivity contribution in [2.75, 3.05) is 0 Å². The molecule has 2 heteroatoms. The monoisotopic (exact) mass is 310 g/mol. The first kappa shape index (κ1) is 17.3. The number of rotatable bonds is 4. The number of benzene rings is 2. The van der Waals surface area contributed by atoms with Crippen molar-refractivity contribution in [2.45, 2.75) is 46.5 Å². The quantitative estimate of drug-likeness (QED) is 0.779. The Hall–Kier alpha value is -2.09. The molecule has 0 spiro atoms. The van der Waals surface area contributed by atoms with E-state index in [1.807, 2.05) is 42.5 Å². The van der Waals surface area contributed by atoms with Crippen molar-refractivity contribution < 1.29 is 9.90 Å². The van der Waals surface area contributed by atoms with Gasteiger partial charge in [0.2, 0.25) is 0 Å². The largest absolute Gasteiger partial charge is 0.478 e. The molecule has 0 unspecified atom stereocenters. The molecule has 1 N–H and O–H groups in total. The molecule has 0 heterocycles. The van der Waals surface area contributed by atoms with E-state index in [0.29, 0.717) is 5.56 Å². The van der Waals surface area contributed by atoms with Gasteiger partial charge in [0.25, 0.3) is 0 Å². The number of carboxylic acids is 1. The Morgan fingerprint density at radius 3 is 2.09 bits per heavy atom. The first-order chi connectivity index (χ1) is 10.6. The van der Waals surface area contributed by atoms with Gasteiger partial charge in [-0.15, -0.1) is 0 Å². The first-order valence-corrected chi connectivity index (χ1v) is 8.03. The lowest BCUT2D eigenvalue weighted by atomic mass is 9.71. The molecule has 2 aromatic rings. The van der Waals surface area contributed by atoms with Gasteiger partial charge >= 0.3 is 5.97 Å². The van der Waals surface area contributed by atoms with Crippen molar-refractivity contribution in [3.63, 3.8) is 0 Å². The van der Waals surface area contributed by atoms with Crippen LogP contribution >= 0.6 is 0 Å². The second-order valence-corrected chi connectivity index (χ2v) is 8.05. The summed E-state index contributed by atoms with van der Waals surface area (Å²) in [7, 11) is 0. The van der Waals surface area contributed by atoms with Gasteiger partial charge in [-0.2, -0.15) is 0 Å². The molecular weight excluding hydrogens is 284 g/mol. The van der Waals surface area contributed by atoms with Crippen LogP contribution in [0.1, 0.15) is 57.0 Å². The molecule has 2 nitrogen and oxygen atoms in total. The van der Waals surface area contributed by atoms with Crippen molar-refractivity contribution in [2.24, 2.45) is 5.41 Å². The molecule has 0 aliphatic heterocycles. The lowest BCUT2D eigenvalue weighted by Crippen LogP contribution is -2.25. The van der Waals surface area contributed by atoms with E-state index >= 15 is 0 Å². The Morgan fingerprint density at radius 1 is 0.957 bits per heavy atom. The minimum absolute atomic E-state index is 0.0151. The van der Waals surface area contributed by atoms with Crippen LogP contribution in [0.15, 0.2) is 48.5 Å². The Balaban J connectivity index is 2.55. The highest BCUT2D eigenvalue weighted by Crippen LogP contribution is 2.38. The van der Waals surface area contributed by atoms with Gasteiger partial charge in [0.15, 0.2) is 0 Å². The first-order valence-electron chi connectivity index (χ1n) is 8.03. The van der Waals surface area contributed by atoms with Crippen LogP contribution in [0.5, 0.6) is 0 Å². The Kier molecular flexibility index (Phi) is 4.65. The molecular formula is C21H26O2. The van der Waals surface area contributed by atoms with E-state index in [1.54, 1.807) is 6.07 Å². The summed E-state index contributed by atoms with van der Waals surface area (Å²) >= 11 is 0. The average Bonchev–Trinajstić information content (AvgIpc) is 2.45. The number of hydrogen-bond acceptors (Lipinski definition) is 1. The summed E-state index contributed by atoms with van der Waals surface area (Å²) in [5.74, 6) is -0.885. The molecule has 0 radical (unpaired) electrons. The van der Waals surface area contributed by atoms with Gasteiger partial charge < -0.3 is 5.11 Å². The van der Waals surface area contributed by atoms with Crippen LogP contribution in [0.25, 0.3) is 11.1 Å². The summed E-state index contributed by atoms with van der Waals surface area (Å²) < 4.78 is 0. The normalized spacial score (nSPS) is 12.2. The van der Waals surface area contributed by atoms with Gasteiger partial charge in [-0.05, 0) is 46.1 Å². The van der Waals surface area contributed by atoms with Crippen LogP contribution in [-0.2, 0) is 5.41 Å². The third kappa shape index (κ3) is 4.22. The minimum Gasteiger partial charge on any atom is -0.478 e. The van der Waals surface area contributed by atoms with E-state index in [-0.39, 0.29) is 10.8 Å². The molecule has 0 atom stereocenters. The lowest BCUT2D eigenvalue weighted by molar-refractivity contribution is 0.0697. The van der Waals surface area contributed by atoms with E-state index in [0.717, 1.165) is 17.5 Å². The van der Waals surface area contributed by atoms with Crippen molar-refractivity contribution in [3.05, 3.63) is 59.7 Å². The predicted molar refractivity (Wildman–Crippen MR) is 95.9 cm³/mol. The number of carbonyl (C=O) groups is 1. The zero-order chi connectivity index (χ0) is 17.3. The van der Waals surface area contributed by atoms with Crippen molar-refractivity contribution in [1.29, 1.82) is 0 Å². The summed E-state index contributed by atoms with van der Waals surface area (Å²) in [6, 6.07) is 15.5. The molecule has 0 aliphatic carbocycles. The fraction of sp³-hybridized carbons (Fsp3) is 0.381. The van der Waals surface area contributed by atoms with Crippen LogP contribution in [0, 0.1) is 5.41 Å². The van der Waals surface area contributed by atoms with Crippen molar-refractivity contribution in [3.8, 4) is 11.1 Å². The van der Waals surface area contributed by atoms with Crippen LogP contribution in [0.3, 0.4) is 0 Å². The number of hydrogen-bond donors (Lipinski definition) is 1. The van der Waals surface area contributed by atoms with Gasteiger partial charge in [-0.1, -0.05) is 71.0 Å². The average molecular weight is 310 g/mol. The molecule has 0 bridgehead atoms. The van der Waals surface area contributed by atoms with Gasteiger partial charge in [0.05, 0.1) is 5.56 Å². The molecule has 0 fully saturated rings. The topological polar surface area (TPSA) is 37.3 Å². The van der Waals surface area contributed by atoms with Gasteiger partial charge in [0.1, 0.15) is 0 Å². The van der Waals surface area contributed by atoms with E-state index in [1.165, 1.54) is 5.56 Å². The fourth-order valence-corrected chi connectivity index (χ4v) is 3.44. The molecule has 0 saturated heterocycles. The highest BCUT2D eigenvalue weighted by Gasteiger charge is 2.28. The third-order valence-electron chi connectivity index (χ3n) is 4.09. The lowest BCUT2D eigenvalue weighted by Gasteiger charge is -2.33. The van der Waals surface area contributed by atoms with Gasteiger partial charge in [0, 0.05) is 0 Å². The Bertz CT molecular complexity index is 692. The number of carboxylic acid groups (broad SMARTS) is 1. The van der Waals surface area contributed by atoms with E-state index in [9.17, 15) is 9.90 Å². The maximum absolute atomic E-state index is 11.6. The summed E-state index contributed by atoms with van der Waals surface area (Å²) in [5.41, 5.74) is 3.46. The maximum atomic E-state index is 11.6. The predicted octanol–water partition coefficient (Wildman–Crippen LogP) is 5.77. The highest BCUT2D eigenvalue weighted by molar-refractivity contribution is 5.96. The maximum Gasteiger partial charge on any atom is 0.336 e. The van der Waals surface area contributed by atoms with Gasteiger partial charge in [-0.25, -0.2) is 4.79 Å². The van der Waals surface area contributed by atoms with Crippen LogP contribution in [0.4, 0.5) is 0 Å². The zero-order valence-electron chi connectivity index (χ0n) is 14.7. The van der Waals surface area contributed by atoms with Crippen molar-refractivity contribution in [1.82, 2.24) is 0 Å². The molecule has 23 heavy (non-hydrogen) atoms.